The van der Waals surface area contributed by atoms with E-state index in [1.54, 1.807) is 7.05 Å². The number of nitrogens with two attached hydrogens (primary N) is 1. The molecule has 4 N–H and O–H groups in total. The van der Waals surface area contributed by atoms with Crippen molar-refractivity contribution >= 4 is 27.3 Å². The van der Waals surface area contributed by atoms with Crippen LogP contribution >= 0.6 is 0 Å². The van der Waals surface area contributed by atoms with E-state index < -0.39 is 26.6 Å². The first-order valence-corrected chi connectivity index (χ1v) is 7.21. The van der Waals surface area contributed by atoms with Crippen molar-refractivity contribution in [3.63, 3.8) is 0 Å². The molecule has 0 bridgehead atoms. The van der Waals surface area contributed by atoms with Gasteiger partial charge in [0.2, 0.25) is 10.0 Å². The molecule has 10 heteroatoms. The van der Waals surface area contributed by atoms with Crippen LogP contribution in [-0.2, 0) is 10.0 Å². The van der Waals surface area contributed by atoms with Crippen LogP contribution in [0.15, 0.2) is 18.2 Å². The van der Waals surface area contributed by atoms with E-state index in [1.807, 2.05) is 0 Å². The van der Waals surface area contributed by atoms with Crippen molar-refractivity contribution in [3.8, 4) is 0 Å². The molecule has 20 heavy (non-hydrogen) atoms. The molecule has 110 valence electrons. The lowest BCUT2D eigenvalue weighted by molar-refractivity contribution is -0.385. The number of nitro groups is 1. The molecule has 0 aromatic heterocycles. The van der Waals surface area contributed by atoms with E-state index in [0.717, 1.165) is 0 Å². The molecule has 0 unspecified atom stereocenters. The molecule has 0 heterocycles. The van der Waals surface area contributed by atoms with Crippen molar-refractivity contribution in [1.82, 2.24) is 5.32 Å². The summed E-state index contributed by atoms with van der Waals surface area (Å²) in [5, 5.41) is 20.7. The minimum atomic E-state index is -3.70. The molecule has 0 fully saturated rings. The molecule has 0 atom stereocenters. The Balaban J connectivity index is 2.93. The largest absolute Gasteiger partial charge is 0.388 e. The maximum Gasteiger partial charge on any atom is 0.282 e. The van der Waals surface area contributed by atoms with Crippen molar-refractivity contribution in [1.29, 1.82) is 0 Å². The molecule has 0 saturated heterocycles. The molecule has 1 rings (SSSR count). The smallest absolute Gasteiger partial charge is 0.282 e. The number of amides is 1. The summed E-state index contributed by atoms with van der Waals surface area (Å²) in [6, 6.07) is 3.96. The lowest BCUT2D eigenvalue weighted by Gasteiger charge is -2.07. The number of nitrogens with zero attached hydrogens (tertiary/aromatic N) is 1. The zero-order valence-corrected chi connectivity index (χ0v) is 11.4. The summed E-state index contributed by atoms with van der Waals surface area (Å²) in [6.45, 7) is -0.224. The normalized spacial score (nSPS) is 10.9. The van der Waals surface area contributed by atoms with Gasteiger partial charge in [-0.3, -0.25) is 14.9 Å². The van der Waals surface area contributed by atoms with Crippen LogP contribution in [0.1, 0.15) is 10.4 Å². The van der Waals surface area contributed by atoms with E-state index in [4.69, 9.17) is 5.14 Å². The fourth-order valence-electron chi connectivity index (χ4n) is 1.43. The van der Waals surface area contributed by atoms with Gasteiger partial charge in [-0.1, -0.05) is 0 Å². The van der Waals surface area contributed by atoms with Gasteiger partial charge in [0.15, 0.2) is 0 Å². The van der Waals surface area contributed by atoms with Crippen molar-refractivity contribution in [2.45, 2.75) is 0 Å². The highest BCUT2D eigenvalue weighted by molar-refractivity contribution is 7.89. The summed E-state index contributed by atoms with van der Waals surface area (Å²) >= 11 is 0. The minimum Gasteiger partial charge on any atom is -0.388 e. The highest BCUT2D eigenvalue weighted by Gasteiger charge is 2.20. The predicted octanol–water partition coefficient (Wildman–Crippen LogP) is -0.345. The summed E-state index contributed by atoms with van der Waals surface area (Å²) in [5.41, 5.74) is 0.000529. The Morgan fingerprint density at radius 1 is 1.45 bits per heavy atom. The molecular formula is C10H14N4O5S. The number of nitrogens with one attached hydrogen (secondary N) is 2. The lowest BCUT2D eigenvalue weighted by atomic mass is 10.1. The zero-order valence-electron chi connectivity index (χ0n) is 10.6. The number of primary sulfonamides is 1. The number of rotatable bonds is 6. The number of anilines is 1. The van der Waals surface area contributed by atoms with E-state index >= 15 is 0 Å². The molecular weight excluding hydrogens is 288 g/mol. The van der Waals surface area contributed by atoms with Crippen LogP contribution in [-0.4, -0.2) is 38.6 Å². The fourth-order valence-corrected chi connectivity index (χ4v) is 1.82. The Kier molecular flexibility index (Phi) is 5.00. The van der Waals surface area contributed by atoms with E-state index in [2.05, 4.69) is 10.6 Å². The molecule has 0 aliphatic rings. The van der Waals surface area contributed by atoms with Crippen LogP contribution < -0.4 is 15.8 Å². The lowest BCUT2D eigenvalue weighted by Crippen LogP contribution is -2.31. The van der Waals surface area contributed by atoms with Gasteiger partial charge in [0.1, 0.15) is 5.56 Å². The first-order valence-electron chi connectivity index (χ1n) is 5.49. The summed E-state index contributed by atoms with van der Waals surface area (Å²) in [4.78, 5) is 22.0. The summed E-state index contributed by atoms with van der Waals surface area (Å²) in [5.74, 6) is -1.18. The quantitative estimate of drug-likeness (QED) is 0.484. The SMILES string of the molecule is CNc1ccc([N+](=O)[O-])c(C(=O)NCCS(N)(=O)=O)c1. The van der Waals surface area contributed by atoms with Gasteiger partial charge in [0.25, 0.3) is 11.6 Å². The number of sulfonamides is 1. The Hall–Kier alpha value is -2.20. The average Bonchev–Trinajstić information content (AvgIpc) is 2.36. The highest BCUT2D eigenvalue weighted by Crippen LogP contribution is 2.22. The van der Waals surface area contributed by atoms with Gasteiger partial charge in [-0.05, 0) is 12.1 Å². The number of carbonyl (C=O) groups excluding carboxylic acids is 1. The summed E-state index contributed by atoms with van der Waals surface area (Å²) in [6.07, 6.45) is 0. The number of nitro benzene ring substituents is 1. The van der Waals surface area contributed by atoms with Gasteiger partial charge in [-0.25, -0.2) is 13.6 Å². The maximum absolute atomic E-state index is 11.8. The van der Waals surface area contributed by atoms with Crippen LogP contribution in [0.3, 0.4) is 0 Å². The Morgan fingerprint density at radius 3 is 2.60 bits per heavy atom. The first kappa shape index (κ1) is 15.9. The van der Waals surface area contributed by atoms with Gasteiger partial charge in [-0.2, -0.15) is 0 Å². The Labute approximate surface area is 115 Å². The molecule has 0 radical (unpaired) electrons. The van der Waals surface area contributed by atoms with Crippen LogP contribution in [0.4, 0.5) is 11.4 Å². The third-order valence-corrected chi connectivity index (χ3v) is 3.17. The third-order valence-electron chi connectivity index (χ3n) is 2.40. The monoisotopic (exact) mass is 302 g/mol. The molecule has 1 aromatic rings. The molecule has 1 amide bonds. The van der Waals surface area contributed by atoms with Crippen molar-refractivity contribution in [2.24, 2.45) is 5.14 Å². The summed E-state index contributed by atoms with van der Waals surface area (Å²) < 4.78 is 21.5. The molecule has 0 spiro atoms. The second kappa shape index (κ2) is 6.30. The van der Waals surface area contributed by atoms with E-state index in [0.29, 0.717) is 5.69 Å². The number of hydrogen-bond acceptors (Lipinski definition) is 6. The minimum absolute atomic E-state index is 0.156. The van der Waals surface area contributed by atoms with Crippen molar-refractivity contribution < 1.29 is 18.1 Å². The van der Waals surface area contributed by atoms with Crippen LogP contribution in [0.5, 0.6) is 0 Å². The molecule has 1 aromatic carbocycles. The second-order valence-electron chi connectivity index (χ2n) is 3.86. The molecule has 0 saturated carbocycles. The molecule has 0 aliphatic carbocycles. The van der Waals surface area contributed by atoms with Gasteiger partial charge in [-0.15, -0.1) is 0 Å². The molecule has 0 aliphatic heterocycles. The van der Waals surface area contributed by atoms with Crippen LogP contribution in [0, 0.1) is 10.1 Å². The average molecular weight is 302 g/mol. The number of hydrogen-bond donors (Lipinski definition) is 3. The van der Waals surface area contributed by atoms with Gasteiger partial charge in [0, 0.05) is 25.3 Å². The predicted molar refractivity (Wildman–Crippen MR) is 73.0 cm³/mol. The highest BCUT2D eigenvalue weighted by atomic mass is 32.2. The number of carbonyl (C=O) groups is 1. The second-order valence-corrected chi connectivity index (χ2v) is 5.60. The standard InChI is InChI=1S/C10H14N4O5S/c1-12-7-2-3-9(14(16)17)8(6-7)10(15)13-4-5-20(11,18)19/h2-3,6,12H,4-5H2,1H3,(H,13,15)(H2,11,18,19). The first-order chi connectivity index (χ1) is 9.24. The van der Waals surface area contributed by atoms with Crippen LogP contribution in [0.2, 0.25) is 0 Å². The van der Waals surface area contributed by atoms with E-state index in [9.17, 15) is 23.3 Å². The van der Waals surface area contributed by atoms with Gasteiger partial charge < -0.3 is 10.6 Å². The maximum atomic E-state index is 11.8. The van der Waals surface area contributed by atoms with Crippen molar-refractivity contribution in [2.75, 3.05) is 24.7 Å². The van der Waals surface area contributed by atoms with Crippen molar-refractivity contribution in [3.05, 3.63) is 33.9 Å². The third kappa shape index (κ3) is 4.48. The summed E-state index contributed by atoms with van der Waals surface area (Å²) in [7, 11) is -2.10. The Morgan fingerprint density at radius 2 is 2.10 bits per heavy atom. The Bertz CT molecular complexity index is 629. The van der Waals surface area contributed by atoms with E-state index in [-0.39, 0.29) is 17.8 Å². The van der Waals surface area contributed by atoms with Gasteiger partial charge >= 0.3 is 0 Å². The van der Waals surface area contributed by atoms with Gasteiger partial charge in [0.05, 0.1) is 10.7 Å². The fraction of sp³-hybridized carbons (Fsp3) is 0.300. The topological polar surface area (TPSA) is 144 Å². The van der Waals surface area contributed by atoms with Crippen LogP contribution in [0.25, 0.3) is 0 Å². The van der Waals surface area contributed by atoms with E-state index in [1.165, 1.54) is 18.2 Å². The molecule has 9 nitrogen and oxygen atoms in total. The zero-order chi connectivity index (χ0) is 15.3. The number of benzene rings is 1.